The number of carbonyl (C=O) groups is 2. The Hall–Kier alpha value is -2.76. The van der Waals surface area contributed by atoms with Gasteiger partial charge in [-0.1, -0.05) is 12.1 Å². The fraction of sp³-hybridized carbons (Fsp3) is 0.429. The van der Waals surface area contributed by atoms with Crippen molar-refractivity contribution in [2.24, 2.45) is 5.92 Å². The van der Waals surface area contributed by atoms with Gasteiger partial charge >= 0.3 is 6.03 Å². The van der Waals surface area contributed by atoms with Gasteiger partial charge in [-0.15, -0.1) is 0 Å². The molecular weight excluding hydrogens is 342 g/mol. The Kier molecular flexibility index (Phi) is 5.14. The molecule has 2 aromatic rings. The Balaban J connectivity index is 1.32. The highest BCUT2D eigenvalue weighted by Gasteiger charge is 2.31. The van der Waals surface area contributed by atoms with Crippen LogP contribution in [0.4, 0.5) is 10.5 Å². The number of benzene rings is 1. The summed E-state index contributed by atoms with van der Waals surface area (Å²) in [6, 6.07) is 11.2. The fourth-order valence-electron chi connectivity index (χ4n) is 3.92. The van der Waals surface area contributed by atoms with Crippen molar-refractivity contribution in [1.29, 1.82) is 0 Å². The van der Waals surface area contributed by atoms with Crippen molar-refractivity contribution in [3.63, 3.8) is 0 Å². The molecule has 4 rings (SSSR count). The van der Waals surface area contributed by atoms with E-state index in [1.165, 1.54) is 0 Å². The van der Waals surface area contributed by atoms with Gasteiger partial charge < -0.3 is 19.5 Å². The number of anilines is 1. The average molecular weight is 367 g/mol. The highest BCUT2D eigenvalue weighted by Crippen LogP contribution is 2.25. The van der Waals surface area contributed by atoms with E-state index < -0.39 is 0 Å². The van der Waals surface area contributed by atoms with E-state index in [-0.39, 0.29) is 17.9 Å². The first-order chi connectivity index (χ1) is 13.2. The molecule has 0 radical (unpaired) electrons. The number of amides is 3. The molecule has 1 aromatic carbocycles. The average Bonchev–Trinajstić information content (AvgIpc) is 3.42. The van der Waals surface area contributed by atoms with Crippen molar-refractivity contribution in [3.8, 4) is 11.3 Å². The molecule has 3 heterocycles. The molecule has 0 bridgehead atoms. The van der Waals surface area contributed by atoms with E-state index in [1.807, 2.05) is 41.3 Å². The molecule has 2 aliphatic heterocycles. The molecule has 0 unspecified atom stereocenters. The Morgan fingerprint density at radius 3 is 2.44 bits per heavy atom. The second-order valence-electron chi connectivity index (χ2n) is 7.28. The maximum absolute atomic E-state index is 12.6. The highest BCUT2D eigenvalue weighted by atomic mass is 16.3. The van der Waals surface area contributed by atoms with Gasteiger partial charge in [0.25, 0.3) is 0 Å². The van der Waals surface area contributed by atoms with Crippen LogP contribution in [0, 0.1) is 5.92 Å². The molecule has 2 fully saturated rings. The Bertz CT molecular complexity index is 789. The second kappa shape index (κ2) is 7.86. The monoisotopic (exact) mass is 367 g/mol. The van der Waals surface area contributed by atoms with Gasteiger partial charge in [0.15, 0.2) is 0 Å². The van der Waals surface area contributed by atoms with Crippen molar-refractivity contribution in [2.75, 3.05) is 31.5 Å². The number of nitrogens with one attached hydrogen (secondary N) is 1. The van der Waals surface area contributed by atoms with E-state index in [9.17, 15) is 9.59 Å². The first kappa shape index (κ1) is 17.6. The maximum Gasteiger partial charge on any atom is 0.321 e. The molecule has 2 aliphatic rings. The van der Waals surface area contributed by atoms with Crippen LogP contribution in [0.3, 0.4) is 0 Å². The van der Waals surface area contributed by atoms with E-state index in [1.54, 1.807) is 11.2 Å². The molecule has 1 N–H and O–H groups in total. The zero-order valence-electron chi connectivity index (χ0n) is 15.4. The smallest absolute Gasteiger partial charge is 0.321 e. The van der Waals surface area contributed by atoms with Crippen molar-refractivity contribution >= 4 is 17.6 Å². The lowest BCUT2D eigenvalue weighted by Crippen LogP contribution is -2.45. The summed E-state index contributed by atoms with van der Waals surface area (Å²) in [6.07, 6.45) is 5.35. The quantitative estimate of drug-likeness (QED) is 0.897. The Morgan fingerprint density at radius 1 is 0.963 bits per heavy atom. The molecule has 27 heavy (non-hydrogen) atoms. The molecule has 0 atom stereocenters. The van der Waals surface area contributed by atoms with E-state index in [4.69, 9.17) is 4.42 Å². The highest BCUT2D eigenvalue weighted by molar-refractivity contribution is 5.90. The van der Waals surface area contributed by atoms with E-state index in [2.05, 4.69) is 5.32 Å². The molecule has 2 saturated heterocycles. The third kappa shape index (κ3) is 3.99. The summed E-state index contributed by atoms with van der Waals surface area (Å²) in [5.41, 5.74) is 1.66. The number of furan rings is 1. The lowest BCUT2D eigenvalue weighted by molar-refractivity contribution is -0.135. The number of piperidine rings is 1. The minimum absolute atomic E-state index is 0.0643. The van der Waals surface area contributed by atoms with Crippen molar-refractivity contribution in [1.82, 2.24) is 9.80 Å². The van der Waals surface area contributed by atoms with Crippen molar-refractivity contribution in [2.45, 2.75) is 25.7 Å². The SMILES string of the molecule is O=C(Nc1cccc(-c2ccco2)c1)N1CCC(C(=O)N2CCCC2)CC1. The lowest BCUT2D eigenvalue weighted by Gasteiger charge is -2.33. The third-order valence-electron chi connectivity index (χ3n) is 5.47. The van der Waals surface area contributed by atoms with Gasteiger partial charge in [0.1, 0.15) is 5.76 Å². The number of likely N-dealkylation sites (tertiary alicyclic amines) is 2. The summed E-state index contributed by atoms with van der Waals surface area (Å²) in [5.74, 6) is 1.11. The van der Waals surface area contributed by atoms with Crippen LogP contribution in [-0.4, -0.2) is 47.9 Å². The number of urea groups is 1. The molecule has 1 aromatic heterocycles. The Labute approximate surface area is 159 Å². The lowest BCUT2D eigenvalue weighted by atomic mass is 9.95. The van der Waals surface area contributed by atoms with Gasteiger partial charge in [-0.05, 0) is 49.9 Å². The largest absolute Gasteiger partial charge is 0.464 e. The maximum atomic E-state index is 12.6. The summed E-state index contributed by atoms with van der Waals surface area (Å²) in [4.78, 5) is 28.9. The molecule has 142 valence electrons. The van der Waals surface area contributed by atoms with E-state index >= 15 is 0 Å². The third-order valence-corrected chi connectivity index (χ3v) is 5.47. The summed E-state index contributed by atoms with van der Waals surface area (Å²) in [5, 5.41) is 2.96. The number of rotatable bonds is 3. The van der Waals surface area contributed by atoms with Crippen molar-refractivity contribution < 1.29 is 14.0 Å². The van der Waals surface area contributed by atoms with Crippen LogP contribution in [0.2, 0.25) is 0 Å². The summed E-state index contributed by atoms with van der Waals surface area (Å²) in [7, 11) is 0. The van der Waals surface area contributed by atoms with E-state index in [0.717, 1.165) is 55.8 Å². The molecular formula is C21H25N3O3. The van der Waals surface area contributed by atoms with Gasteiger partial charge in [-0.2, -0.15) is 0 Å². The molecule has 3 amide bonds. The number of hydrogen-bond acceptors (Lipinski definition) is 3. The summed E-state index contributed by atoms with van der Waals surface area (Å²) in [6.45, 7) is 3.03. The zero-order chi connectivity index (χ0) is 18.6. The summed E-state index contributed by atoms with van der Waals surface area (Å²) >= 11 is 0. The number of hydrogen-bond donors (Lipinski definition) is 1. The van der Waals surface area contributed by atoms with E-state index in [0.29, 0.717) is 13.1 Å². The minimum atomic E-state index is -0.112. The molecule has 0 aliphatic carbocycles. The van der Waals surface area contributed by atoms with Crippen LogP contribution in [0.5, 0.6) is 0 Å². The van der Waals surface area contributed by atoms with Gasteiger partial charge in [0, 0.05) is 43.3 Å². The standard InChI is InChI=1S/C21H25N3O3/c25-20(23-10-1-2-11-23)16-8-12-24(13-9-16)21(26)22-18-6-3-5-17(15-18)19-7-4-14-27-19/h3-7,14-16H,1-2,8-13H2,(H,22,26). The van der Waals surface area contributed by atoms with Crippen molar-refractivity contribution in [3.05, 3.63) is 42.7 Å². The number of nitrogens with zero attached hydrogens (tertiary/aromatic N) is 2. The zero-order valence-corrected chi connectivity index (χ0v) is 15.4. The minimum Gasteiger partial charge on any atom is -0.464 e. The topological polar surface area (TPSA) is 65.8 Å². The van der Waals surface area contributed by atoms with Gasteiger partial charge in [-0.25, -0.2) is 4.79 Å². The Morgan fingerprint density at radius 2 is 1.74 bits per heavy atom. The second-order valence-corrected chi connectivity index (χ2v) is 7.28. The van der Waals surface area contributed by atoms with Crippen LogP contribution >= 0.6 is 0 Å². The van der Waals surface area contributed by atoms with Crippen LogP contribution < -0.4 is 5.32 Å². The predicted octanol–water partition coefficient (Wildman–Crippen LogP) is 3.81. The van der Waals surface area contributed by atoms with Crippen LogP contribution in [0.1, 0.15) is 25.7 Å². The normalized spacial score (nSPS) is 17.9. The molecule has 6 nitrogen and oxygen atoms in total. The van der Waals surface area contributed by atoms with Gasteiger partial charge in [-0.3, -0.25) is 4.79 Å². The van der Waals surface area contributed by atoms with Gasteiger partial charge in [0.2, 0.25) is 5.91 Å². The molecule has 0 saturated carbocycles. The first-order valence-corrected chi connectivity index (χ1v) is 9.69. The van der Waals surface area contributed by atoms with Crippen LogP contribution in [-0.2, 0) is 4.79 Å². The van der Waals surface area contributed by atoms with Gasteiger partial charge in [0.05, 0.1) is 6.26 Å². The van der Waals surface area contributed by atoms with Crippen LogP contribution in [0.25, 0.3) is 11.3 Å². The molecule has 0 spiro atoms. The summed E-state index contributed by atoms with van der Waals surface area (Å²) < 4.78 is 5.41. The first-order valence-electron chi connectivity index (χ1n) is 9.69. The molecule has 6 heteroatoms. The fourth-order valence-corrected chi connectivity index (χ4v) is 3.92. The van der Waals surface area contributed by atoms with Crippen LogP contribution in [0.15, 0.2) is 47.1 Å². The number of carbonyl (C=O) groups excluding carboxylic acids is 2. The predicted molar refractivity (Wildman–Crippen MR) is 103 cm³/mol.